The number of thiophene rings is 1. The van der Waals surface area contributed by atoms with Crippen molar-refractivity contribution in [3.63, 3.8) is 0 Å². The molecule has 0 fully saturated rings. The number of hydrogen-bond donors (Lipinski definition) is 0. The van der Waals surface area contributed by atoms with E-state index in [1.165, 1.54) is 7.11 Å². The highest BCUT2D eigenvalue weighted by Crippen LogP contribution is 2.42. The molecule has 0 spiro atoms. The van der Waals surface area contributed by atoms with Crippen LogP contribution in [0.2, 0.25) is 5.02 Å². The van der Waals surface area contributed by atoms with Gasteiger partial charge in [-0.25, -0.2) is 9.79 Å². The van der Waals surface area contributed by atoms with Gasteiger partial charge in [0.1, 0.15) is 15.4 Å². The number of rotatable bonds is 4. The normalized spacial score (nSPS) is 11.5. The van der Waals surface area contributed by atoms with Gasteiger partial charge in [0.25, 0.3) is 5.56 Å². The standard InChI is InChI=1S/C22H18ClN3O3S/c1-25(2)12-24-18-17-13-8-4-5-9-14(13)20(27)26(16-11-7-6-10-15(16)23)21(17)30-19(18)22(28)29-3/h4-12H,1-3H3. The number of fused-ring (bicyclic) bond motifs is 3. The van der Waals surface area contributed by atoms with Crippen LogP contribution in [-0.2, 0) is 4.74 Å². The summed E-state index contributed by atoms with van der Waals surface area (Å²) in [5.41, 5.74) is 0.792. The quantitative estimate of drug-likeness (QED) is 0.258. The van der Waals surface area contributed by atoms with Crippen LogP contribution in [0.5, 0.6) is 0 Å². The van der Waals surface area contributed by atoms with Crippen LogP contribution in [-0.4, -0.2) is 43.0 Å². The molecule has 0 bridgehead atoms. The zero-order valence-corrected chi connectivity index (χ0v) is 18.1. The first-order valence-corrected chi connectivity index (χ1v) is 10.3. The van der Waals surface area contributed by atoms with E-state index >= 15 is 0 Å². The van der Waals surface area contributed by atoms with Crippen molar-refractivity contribution >= 4 is 61.9 Å². The molecule has 0 aliphatic heterocycles. The minimum Gasteiger partial charge on any atom is -0.465 e. The molecule has 2 aromatic heterocycles. The molecule has 2 aromatic carbocycles. The smallest absolute Gasteiger partial charge is 0.350 e. The molecule has 0 aliphatic carbocycles. The lowest BCUT2D eigenvalue weighted by Gasteiger charge is -2.12. The molecule has 6 nitrogen and oxygen atoms in total. The predicted octanol–water partition coefficient (Wildman–Crippen LogP) is 4.87. The zero-order chi connectivity index (χ0) is 21.4. The van der Waals surface area contributed by atoms with Gasteiger partial charge in [-0.2, -0.15) is 0 Å². The highest BCUT2D eigenvalue weighted by molar-refractivity contribution is 7.21. The summed E-state index contributed by atoms with van der Waals surface area (Å²) in [6, 6.07) is 14.4. The van der Waals surface area contributed by atoms with Crippen molar-refractivity contribution < 1.29 is 9.53 Å². The first-order chi connectivity index (χ1) is 14.4. The number of nitrogens with zero attached hydrogens (tertiary/aromatic N) is 3. The number of carbonyl (C=O) groups excluding carboxylic acids is 1. The van der Waals surface area contributed by atoms with Crippen LogP contribution < -0.4 is 5.56 Å². The number of aliphatic imine (C=N–C) groups is 1. The number of benzene rings is 2. The fraction of sp³-hybridized carbons (Fsp3) is 0.136. The Hall–Kier alpha value is -3.16. The highest BCUT2D eigenvalue weighted by Gasteiger charge is 2.25. The van der Waals surface area contributed by atoms with Crippen LogP contribution in [0.1, 0.15) is 9.67 Å². The van der Waals surface area contributed by atoms with Crippen molar-refractivity contribution in [2.45, 2.75) is 0 Å². The maximum Gasteiger partial charge on any atom is 0.350 e. The number of halogens is 1. The van der Waals surface area contributed by atoms with Gasteiger partial charge in [0, 0.05) is 24.9 Å². The van der Waals surface area contributed by atoms with Crippen LogP contribution in [0.15, 0.2) is 58.3 Å². The van der Waals surface area contributed by atoms with Crippen molar-refractivity contribution in [1.29, 1.82) is 0 Å². The maximum atomic E-state index is 13.5. The Morgan fingerprint density at radius 2 is 1.80 bits per heavy atom. The van der Waals surface area contributed by atoms with Crippen molar-refractivity contribution in [1.82, 2.24) is 9.47 Å². The Morgan fingerprint density at radius 1 is 1.13 bits per heavy atom. The molecule has 8 heteroatoms. The largest absolute Gasteiger partial charge is 0.465 e. The van der Waals surface area contributed by atoms with E-state index in [0.717, 1.165) is 16.7 Å². The van der Waals surface area contributed by atoms with Crippen molar-refractivity contribution in [2.75, 3.05) is 21.2 Å². The SMILES string of the molecule is COC(=O)c1sc2c(c1N=CN(C)C)c1ccccc1c(=O)n2-c1ccccc1Cl. The van der Waals surface area contributed by atoms with Gasteiger partial charge in [-0.05, 0) is 23.6 Å². The Labute approximate surface area is 181 Å². The van der Waals surface area contributed by atoms with Crippen molar-refractivity contribution in [3.8, 4) is 5.69 Å². The molecule has 0 aliphatic rings. The zero-order valence-electron chi connectivity index (χ0n) is 16.5. The van der Waals surface area contributed by atoms with Crippen molar-refractivity contribution in [2.24, 2.45) is 4.99 Å². The topological polar surface area (TPSA) is 63.9 Å². The summed E-state index contributed by atoms with van der Waals surface area (Å²) < 4.78 is 6.54. The molecule has 152 valence electrons. The van der Waals surface area contributed by atoms with E-state index in [4.69, 9.17) is 16.3 Å². The van der Waals surface area contributed by atoms with Gasteiger partial charge in [0.05, 0.1) is 24.2 Å². The highest BCUT2D eigenvalue weighted by atomic mass is 35.5. The van der Waals surface area contributed by atoms with Gasteiger partial charge in [-0.1, -0.05) is 41.9 Å². The fourth-order valence-electron chi connectivity index (χ4n) is 3.29. The summed E-state index contributed by atoms with van der Waals surface area (Å²) in [7, 11) is 5.01. The Kier molecular flexibility index (Phi) is 5.32. The predicted molar refractivity (Wildman–Crippen MR) is 123 cm³/mol. The molecule has 2 heterocycles. The molecule has 0 saturated heterocycles. The van der Waals surface area contributed by atoms with E-state index in [-0.39, 0.29) is 5.56 Å². The summed E-state index contributed by atoms with van der Waals surface area (Å²) in [5, 5.41) is 2.37. The van der Waals surface area contributed by atoms with Gasteiger partial charge in [-0.3, -0.25) is 9.36 Å². The molecule has 0 atom stereocenters. The molecular weight excluding hydrogens is 422 g/mol. The average molecular weight is 440 g/mol. The summed E-state index contributed by atoms with van der Waals surface area (Å²) in [5.74, 6) is -0.510. The first-order valence-electron chi connectivity index (χ1n) is 9.08. The Balaban J connectivity index is 2.26. The first kappa shape index (κ1) is 20.1. The van der Waals surface area contributed by atoms with Gasteiger partial charge >= 0.3 is 5.97 Å². The molecule has 0 amide bonds. The Bertz CT molecular complexity index is 1370. The minimum absolute atomic E-state index is 0.216. The number of para-hydroxylation sites is 1. The number of methoxy groups -OCH3 is 1. The molecular formula is C22H18ClN3O3S. The molecule has 4 rings (SSSR count). The van der Waals surface area contributed by atoms with Gasteiger partial charge in [-0.15, -0.1) is 11.3 Å². The lowest BCUT2D eigenvalue weighted by molar-refractivity contribution is 0.0607. The molecule has 0 N–H and O–H groups in total. The number of pyridine rings is 1. The summed E-state index contributed by atoms with van der Waals surface area (Å²) >= 11 is 7.60. The number of ether oxygens (including phenoxy) is 1. The van der Waals surface area contributed by atoms with E-state index in [2.05, 4.69) is 4.99 Å². The summed E-state index contributed by atoms with van der Waals surface area (Å²) in [6.45, 7) is 0. The Morgan fingerprint density at radius 3 is 2.47 bits per heavy atom. The summed E-state index contributed by atoms with van der Waals surface area (Å²) in [4.78, 5) is 33.3. The average Bonchev–Trinajstić information content (AvgIpc) is 3.12. The number of hydrogen-bond acceptors (Lipinski definition) is 5. The molecule has 30 heavy (non-hydrogen) atoms. The molecule has 4 aromatic rings. The second-order valence-electron chi connectivity index (χ2n) is 6.80. The van der Waals surface area contributed by atoms with Gasteiger partial charge < -0.3 is 9.64 Å². The molecule has 0 unspecified atom stereocenters. The second kappa shape index (κ2) is 7.93. The van der Waals surface area contributed by atoms with Crippen LogP contribution in [0.4, 0.5) is 5.69 Å². The third-order valence-electron chi connectivity index (χ3n) is 4.58. The van der Waals surface area contributed by atoms with Crippen molar-refractivity contribution in [3.05, 3.63) is 68.8 Å². The molecule has 0 radical (unpaired) electrons. The lowest BCUT2D eigenvalue weighted by atomic mass is 10.1. The van der Waals surface area contributed by atoms with E-state index < -0.39 is 5.97 Å². The van der Waals surface area contributed by atoms with Crippen LogP contribution in [0.3, 0.4) is 0 Å². The van der Waals surface area contributed by atoms with Gasteiger partial charge in [0.2, 0.25) is 0 Å². The van der Waals surface area contributed by atoms with Crippen LogP contribution in [0.25, 0.3) is 26.7 Å². The number of esters is 1. The monoisotopic (exact) mass is 439 g/mol. The van der Waals surface area contributed by atoms with E-state index in [0.29, 0.717) is 36.9 Å². The van der Waals surface area contributed by atoms with Gasteiger partial charge in [0.15, 0.2) is 0 Å². The number of carbonyl (C=O) groups is 1. The summed E-state index contributed by atoms with van der Waals surface area (Å²) in [6.07, 6.45) is 1.62. The lowest BCUT2D eigenvalue weighted by Crippen LogP contribution is -2.18. The molecule has 0 saturated carbocycles. The number of aromatic nitrogens is 1. The van der Waals surface area contributed by atoms with E-state index in [1.807, 2.05) is 38.4 Å². The second-order valence-corrected chi connectivity index (χ2v) is 8.20. The van der Waals surface area contributed by atoms with E-state index in [9.17, 15) is 9.59 Å². The third kappa shape index (κ3) is 3.26. The third-order valence-corrected chi connectivity index (χ3v) is 6.04. The van der Waals surface area contributed by atoms with Crippen LogP contribution in [0, 0.1) is 0 Å². The van der Waals surface area contributed by atoms with E-state index in [1.54, 1.807) is 40.1 Å². The maximum absolute atomic E-state index is 13.5. The van der Waals surface area contributed by atoms with Crippen LogP contribution >= 0.6 is 22.9 Å². The minimum atomic E-state index is -0.510. The fourth-order valence-corrected chi connectivity index (χ4v) is 4.70.